The van der Waals surface area contributed by atoms with Crippen molar-refractivity contribution in [2.24, 2.45) is 13.0 Å². The average molecular weight is 262 g/mol. The van der Waals surface area contributed by atoms with E-state index in [-0.39, 0.29) is 6.04 Å². The minimum absolute atomic E-state index is 0.148. The van der Waals surface area contributed by atoms with Crippen LogP contribution in [0.4, 0.5) is 0 Å². The number of aromatic nitrogens is 5. The number of hydrogen-bond acceptors (Lipinski definition) is 4. The molecule has 0 aliphatic rings. The molecule has 0 bridgehead atoms. The van der Waals surface area contributed by atoms with Crippen molar-refractivity contribution in [3.63, 3.8) is 0 Å². The molecule has 1 atom stereocenters. The maximum Gasteiger partial charge on any atom is 0.138 e. The number of hydrogen-bond donors (Lipinski definition) is 1. The molecule has 19 heavy (non-hydrogen) atoms. The molecule has 0 aliphatic carbocycles. The fraction of sp³-hybridized carbons (Fsp3) is 0.615. The molecule has 0 fully saturated rings. The van der Waals surface area contributed by atoms with Crippen LogP contribution in [0, 0.1) is 5.92 Å². The third-order valence-electron chi connectivity index (χ3n) is 3.14. The Morgan fingerprint density at radius 3 is 2.68 bits per heavy atom. The highest BCUT2D eigenvalue weighted by Gasteiger charge is 2.18. The topological polar surface area (TPSA) is 60.6 Å². The van der Waals surface area contributed by atoms with Gasteiger partial charge in [-0.05, 0) is 13.0 Å². The Morgan fingerprint density at radius 1 is 1.32 bits per heavy atom. The predicted octanol–water partition coefficient (Wildman–Crippen LogP) is 1.17. The van der Waals surface area contributed by atoms with Gasteiger partial charge in [0.1, 0.15) is 18.0 Å². The Balaban J connectivity index is 2.15. The summed E-state index contributed by atoms with van der Waals surface area (Å²) in [5.74, 6) is 2.57. The van der Waals surface area contributed by atoms with Crippen molar-refractivity contribution in [1.82, 2.24) is 29.6 Å². The second-order valence-corrected chi connectivity index (χ2v) is 5.19. The van der Waals surface area contributed by atoms with E-state index in [1.807, 2.05) is 35.7 Å². The molecule has 0 saturated carbocycles. The summed E-state index contributed by atoms with van der Waals surface area (Å²) in [5, 5.41) is 7.60. The van der Waals surface area contributed by atoms with Gasteiger partial charge >= 0.3 is 0 Å². The van der Waals surface area contributed by atoms with Gasteiger partial charge in [0.25, 0.3) is 0 Å². The van der Waals surface area contributed by atoms with Crippen molar-refractivity contribution in [3.05, 3.63) is 30.4 Å². The zero-order valence-electron chi connectivity index (χ0n) is 12.0. The Bertz CT molecular complexity index is 513. The van der Waals surface area contributed by atoms with Crippen molar-refractivity contribution in [2.75, 3.05) is 7.05 Å². The lowest BCUT2D eigenvalue weighted by Crippen LogP contribution is -2.24. The molecule has 2 aromatic heterocycles. The fourth-order valence-electron chi connectivity index (χ4n) is 2.16. The number of rotatable bonds is 6. The van der Waals surface area contributed by atoms with E-state index in [0.29, 0.717) is 5.92 Å². The molecule has 6 heteroatoms. The molecular weight excluding hydrogens is 240 g/mol. The summed E-state index contributed by atoms with van der Waals surface area (Å²) in [6.07, 6.45) is 6.19. The first-order chi connectivity index (χ1) is 9.11. The van der Waals surface area contributed by atoms with Gasteiger partial charge in [0.15, 0.2) is 0 Å². The zero-order chi connectivity index (χ0) is 13.8. The van der Waals surface area contributed by atoms with Gasteiger partial charge in [-0.3, -0.25) is 0 Å². The lowest BCUT2D eigenvalue weighted by atomic mass is 10.1. The average Bonchev–Trinajstić information content (AvgIpc) is 2.95. The quantitative estimate of drug-likeness (QED) is 0.849. The van der Waals surface area contributed by atoms with Crippen LogP contribution in [0.25, 0.3) is 0 Å². The van der Waals surface area contributed by atoms with E-state index in [1.54, 1.807) is 6.33 Å². The monoisotopic (exact) mass is 262 g/mol. The molecule has 1 unspecified atom stereocenters. The van der Waals surface area contributed by atoms with Crippen molar-refractivity contribution in [2.45, 2.75) is 32.9 Å². The van der Waals surface area contributed by atoms with Crippen molar-refractivity contribution >= 4 is 0 Å². The number of nitrogens with zero attached hydrogens (tertiary/aromatic N) is 5. The van der Waals surface area contributed by atoms with Crippen LogP contribution in [0.5, 0.6) is 0 Å². The van der Waals surface area contributed by atoms with E-state index in [1.165, 1.54) is 0 Å². The first kappa shape index (κ1) is 13.7. The smallest absolute Gasteiger partial charge is 0.138 e. The van der Waals surface area contributed by atoms with Gasteiger partial charge in [-0.1, -0.05) is 13.8 Å². The van der Waals surface area contributed by atoms with Crippen LogP contribution < -0.4 is 5.32 Å². The first-order valence-corrected chi connectivity index (χ1v) is 6.63. The summed E-state index contributed by atoms with van der Waals surface area (Å²) in [5.41, 5.74) is 0. The van der Waals surface area contributed by atoms with E-state index in [4.69, 9.17) is 0 Å². The maximum absolute atomic E-state index is 4.40. The molecule has 2 aromatic rings. The molecule has 0 aliphatic heterocycles. The largest absolute Gasteiger partial charge is 0.337 e. The van der Waals surface area contributed by atoms with Crippen LogP contribution in [0.1, 0.15) is 31.5 Å². The van der Waals surface area contributed by atoms with Crippen molar-refractivity contribution in [3.8, 4) is 0 Å². The van der Waals surface area contributed by atoms with Crippen LogP contribution >= 0.6 is 0 Å². The first-order valence-electron chi connectivity index (χ1n) is 6.63. The zero-order valence-corrected chi connectivity index (χ0v) is 12.0. The summed E-state index contributed by atoms with van der Waals surface area (Å²) in [6, 6.07) is 0.148. The summed E-state index contributed by atoms with van der Waals surface area (Å²) in [6.45, 7) is 5.26. The fourth-order valence-corrected chi connectivity index (χ4v) is 2.16. The molecule has 0 aromatic carbocycles. The molecule has 2 heterocycles. The third-order valence-corrected chi connectivity index (χ3v) is 3.14. The van der Waals surface area contributed by atoms with Crippen LogP contribution in [0.3, 0.4) is 0 Å². The number of imidazole rings is 1. The minimum Gasteiger partial charge on any atom is -0.337 e. The van der Waals surface area contributed by atoms with E-state index in [9.17, 15) is 0 Å². The number of aryl methyl sites for hydroxylation is 1. The maximum atomic E-state index is 4.40. The Hall–Kier alpha value is -1.69. The molecular formula is C13H22N6. The lowest BCUT2D eigenvalue weighted by molar-refractivity contribution is 0.444. The highest BCUT2D eigenvalue weighted by molar-refractivity contribution is 5.03. The Labute approximate surface area is 113 Å². The van der Waals surface area contributed by atoms with Crippen LogP contribution in [0.15, 0.2) is 18.7 Å². The van der Waals surface area contributed by atoms with Gasteiger partial charge in [-0.25, -0.2) is 14.6 Å². The van der Waals surface area contributed by atoms with Crippen LogP contribution in [0.2, 0.25) is 0 Å². The second kappa shape index (κ2) is 5.97. The standard InChI is InChI=1S/C13H22N6/c1-10(2)8-19-12(16-9-17-19)7-11(14-3)13-15-5-6-18(13)4/h5-6,9-11,14H,7-8H2,1-4H3. The van der Waals surface area contributed by atoms with Gasteiger partial charge in [0.2, 0.25) is 0 Å². The van der Waals surface area contributed by atoms with E-state index in [2.05, 4.69) is 34.2 Å². The van der Waals surface area contributed by atoms with Crippen LogP contribution in [-0.4, -0.2) is 31.4 Å². The predicted molar refractivity (Wildman–Crippen MR) is 73.6 cm³/mol. The molecule has 1 N–H and O–H groups in total. The Kier molecular flexibility index (Phi) is 4.31. The third kappa shape index (κ3) is 3.20. The lowest BCUT2D eigenvalue weighted by Gasteiger charge is -2.16. The molecule has 0 spiro atoms. The molecule has 0 radical (unpaired) electrons. The van der Waals surface area contributed by atoms with Gasteiger partial charge in [0.05, 0.1) is 6.04 Å². The number of nitrogens with one attached hydrogen (secondary N) is 1. The Morgan fingerprint density at radius 2 is 2.11 bits per heavy atom. The summed E-state index contributed by atoms with van der Waals surface area (Å²) < 4.78 is 4.02. The summed E-state index contributed by atoms with van der Waals surface area (Å²) >= 11 is 0. The SMILES string of the molecule is CNC(Cc1ncnn1CC(C)C)c1nccn1C. The van der Waals surface area contributed by atoms with Crippen molar-refractivity contribution in [1.29, 1.82) is 0 Å². The van der Waals surface area contributed by atoms with Gasteiger partial charge in [-0.2, -0.15) is 5.10 Å². The van der Waals surface area contributed by atoms with Crippen molar-refractivity contribution < 1.29 is 0 Å². The summed E-state index contributed by atoms with van der Waals surface area (Å²) in [7, 11) is 3.95. The van der Waals surface area contributed by atoms with Crippen LogP contribution in [-0.2, 0) is 20.0 Å². The molecule has 6 nitrogen and oxygen atoms in total. The van der Waals surface area contributed by atoms with E-state index in [0.717, 1.165) is 24.6 Å². The van der Waals surface area contributed by atoms with Gasteiger partial charge < -0.3 is 9.88 Å². The van der Waals surface area contributed by atoms with E-state index >= 15 is 0 Å². The normalized spacial score (nSPS) is 13.1. The number of likely N-dealkylation sites (N-methyl/N-ethyl adjacent to an activating group) is 1. The van der Waals surface area contributed by atoms with E-state index < -0.39 is 0 Å². The molecule has 0 amide bonds. The highest BCUT2D eigenvalue weighted by atomic mass is 15.3. The molecule has 104 valence electrons. The summed E-state index contributed by atoms with van der Waals surface area (Å²) in [4.78, 5) is 8.77. The van der Waals surface area contributed by atoms with Gasteiger partial charge in [-0.15, -0.1) is 0 Å². The molecule has 2 rings (SSSR count). The second-order valence-electron chi connectivity index (χ2n) is 5.19. The van der Waals surface area contributed by atoms with Gasteiger partial charge in [0, 0.05) is 32.4 Å². The minimum atomic E-state index is 0.148. The molecule has 0 saturated heterocycles. The highest BCUT2D eigenvalue weighted by Crippen LogP contribution is 2.15.